The molecule has 0 aromatic heterocycles. The fourth-order valence-electron chi connectivity index (χ4n) is 12.7. The number of ether oxygens (including phenoxy) is 2. The van der Waals surface area contributed by atoms with Gasteiger partial charge in [0.2, 0.25) is 0 Å². The number of unbranched alkanes of at least 4 members (excludes halogenated alkanes) is 59. The van der Waals surface area contributed by atoms with Crippen molar-refractivity contribution in [1.29, 1.82) is 0 Å². The Hall–Kier alpha value is -2.40. The lowest BCUT2D eigenvalue weighted by molar-refractivity contribution is -0.161. The summed E-state index contributed by atoms with van der Waals surface area (Å²) < 4.78 is 10.8. The lowest BCUT2D eigenvalue weighted by atomic mass is 10.0. The van der Waals surface area contributed by atoms with Gasteiger partial charge in [0.15, 0.2) is 6.10 Å². The van der Waals surface area contributed by atoms with Crippen LogP contribution in [0.2, 0.25) is 0 Å². The Balaban J connectivity index is 3.37. The number of hydrogen-bond acceptors (Lipinski definition) is 5. The molecule has 0 rings (SSSR count). The molecule has 0 aromatic carbocycles. The molecule has 0 amide bonds. The summed E-state index contributed by atoms with van der Waals surface area (Å²) in [6.07, 6.45) is 112. The Kier molecular flexibility index (Phi) is 78.7. The first-order valence-electron chi connectivity index (χ1n) is 40.8. The highest BCUT2D eigenvalue weighted by atomic mass is 16.6. The lowest BCUT2D eigenvalue weighted by Gasteiger charge is -2.15. The topological polar surface area (TPSA) is 72.8 Å². The fraction of sp³-hybridized carbons (Fsp3) is 0.859. The molecule has 0 saturated heterocycles. The molecule has 0 radical (unpaired) electrons. The predicted molar refractivity (Wildman–Crippen MR) is 399 cm³/mol. The summed E-state index contributed by atoms with van der Waals surface area (Å²) in [5.41, 5.74) is 0. The van der Waals surface area contributed by atoms with E-state index in [2.05, 4.69) is 74.6 Å². The van der Waals surface area contributed by atoms with Gasteiger partial charge in [-0.2, -0.15) is 0 Å². The minimum absolute atomic E-state index is 0.0594. The van der Waals surface area contributed by atoms with E-state index in [9.17, 15) is 14.7 Å². The van der Waals surface area contributed by atoms with Gasteiger partial charge >= 0.3 is 11.9 Å². The van der Waals surface area contributed by atoms with Crippen LogP contribution in [0.1, 0.15) is 450 Å². The third-order valence-electron chi connectivity index (χ3n) is 18.8. The maximum absolute atomic E-state index is 12.4. The minimum atomic E-state index is -0.771. The number of aliphatic hydroxyl groups excluding tert-OH is 1. The van der Waals surface area contributed by atoms with E-state index < -0.39 is 6.10 Å². The molecule has 0 spiro atoms. The molecule has 1 atom stereocenters. The molecule has 528 valence electrons. The maximum Gasteiger partial charge on any atom is 0.306 e. The Morgan fingerprint density at radius 3 is 0.667 bits per heavy atom. The molecule has 0 heterocycles. The average molecular weight is 1260 g/mol. The number of carbonyl (C=O) groups excluding carboxylic acids is 2. The maximum atomic E-state index is 12.4. The average Bonchev–Trinajstić information content (AvgIpc) is 3.59. The van der Waals surface area contributed by atoms with Crippen molar-refractivity contribution in [3.8, 4) is 0 Å². The molecule has 90 heavy (non-hydrogen) atoms. The smallest absolute Gasteiger partial charge is 0.306 e. The van der Waals surface area contributed by atoms with Gasteiger partial charge in [-0.05, 0) is 83.5 Å². The normalized spacial score (nSPS) is 12.4. The van der Waals surface area contributed by atoms with Crippen LogP contribution in [0.5, 0.6) is 0 Å². The number of aliphatic hydroxyl groups is 1. The van der Waals surface area contributed by atoms with Crippen molar-refractivity contribution in [1.82, 2.24) is 0 Å². The van der Waals surface area contributed by atoms with Crippen LogP contribution in [0.4, 0.5) is 0 Å². The Bertz CT molecular complexity index is 1520. The summed E-state index contributed by atoms with van der Waals surface area (Å²) in [6.45, 7) is 4.18. The zero-order valence-corrected chi connectivity index (χ0v) is 60.9. The highest BCUT2D eigenvalue weighted by Crippen LogP contribution is 2.20. The Labute approximate surface area is 563 Å². The van der Waals surface area contributed by atoms with E-state index in [0.29, 0.717) is 12.8 Å². The molecule has 0 aromatic rings. The van der Waals surface area contributed by atoms with Gasteiger partial charge in [-0.15, -0.1) is 0 Å². The second kappa shape index (κ2) is 80.8. The standard InChI is InChI=1S/C85H158O5/c1-3-5-7-9-11-13-15-17-19-21-23-25-27-29-31-33-35-37-39-41-42-44-46-48-50-52-54-56-58-60-62-64-66-68-70-72-74-76-78-80-85(88)90-83(81-86)82-89-84(87)79-77-75-73-71-69-67-65-63-61-59-57-55-53-51-49-47-45-43-40-38-36-34-32-30-28-26-24-22-20-18-16-14-12-10-8-6-4-2/h15-18,21-24,27,29,83,86H,3-14,19-20,25-26,28,30-82H2,1-2H3/b17-15-,18-16-,23-21-,24-22-,29-27-. The van der Waals surface area contributed by atoms with Gasteiger partial charge in [-0.1, -0.05) is 415 Å². The number of allylic oxidation sites excluding steroid dienone is 10. The molecule has 0 aliphatic heterocycles. The monoisotopic (exact) mass is 1260 g/mol. The molecule has 5 nitrogen and oxygen atoms in total. The predicted octanol–water partition coefficient (Wildman–Crippen LogP) is 28.8. The summed E-state index contributed by atoms with van der Waals surface area (Å²) in [5.74, 6) is -0.563. The Morgan fingerprint density at radius 1 is 0.256 bits per heavy atom. The third-order valence-corrected chi connectivity index (χ3v) is 18.8. The van der Waals surface area contributed by atoms with Crippen LogP contribution in [0, 0.1) is 0 Å². The van der Waals surface area contributed by atoms with Crippen LogP contribution in [0.25, 0.3) is 0 Å². The van der Waals surface area contributed by atoms with E-state index in [-0.39, 0.29) is 25.2 Å². The molecule has 0 bridgehead atoms. The van der Waals surface area contributed by atoms with Crippen molar-refractivity contribution < 1.29 is 24.2 Å². The first-order valence-corrected chi connectivity index (χ1v) is 40.8. The van der Waals surface area contributed by atoms with E-state index in [0.717, 1.165) is 51.4 Å². The van der Waals surface area contributed by atoms with Crippen LogP contribution >= 0.6 is 0 Å². The van der Waals surface area contributed by atoms with Gasteiger partial charge in [0.05, 0.1) is 6.61 Å². The highest BCUT2D eigenvalue weighted by molar-refractivity contribution is 5.70. The van der Waals surface area contributed by atoms with E-state index >= 15 is 0 Å². The van der Waals surface area contributed by atoms with E-state index in [1.54, 1.807) is 0 Å². The van der Waals surface area contributed by atoms with Crippen LogP contribution in [-0.4, -0.2) is 36.4 Å². The molecule has 0 fully saturated rings. The molecule has 5 heteroatoms. The molecule has 1 N–H and O–H groups in total. The number of esters is 2. The van der Waals surface area contributed by atoms with Crippen LogP contribution in [0.3, 0.4) is 0 Å². The van der Waals surface area contributed by atoms with Crippen molar-refractivity contribution in [3.05, 3.63) is 60.8 Å². The number of rotatable bonds is 77. The fourth-order valence-corrected chi connectivity index (χ4v) is 12.7. The summed E-state index contributed by atoms with van der Waals surface area (Å²) >= 11 is 0. The van der Waals surface area contributed by atoms with Crippen molar-refractivity contribution in [3.63, 3.8) is 0 Å². The molecular formula is C85H158O5. The summed E-state index contributed by atoms with van der Waals surface area (Å²) in [5, 5.41) is 9.73. The summed E-state index contributed by atoms with van der Waals surface area (Å²) in [6, 6.07) is 0. The van der Waals surface area contributed by atoms with Crippen LogP contribution < -0.4 is 0 Å². The molecular weight excluding hydrogens is 1100 g/mol. The van der Waals surface area contributed by atoms with Gasteiger partial charge in [-0.25, -0.2) is 0 Å². The largest absolute Gasteiger partial charge is 0.462 e. The van der Waals surface area contributed by atoms with Gasteiger partial charge in [-0.3, -0.25) is 9.59 Å². The van der Waals surface area contributed by atoms with Gasteiger partial charge in [0.1, 0.15) is 6.61 Å². The molecule has 0 aliphatic carbocycles. The first kappa shape index (κ1) is 87.6. The van der Waals surface area contributed by atoms with Crippen molar-refractivity contribution in [2.24, 2.45) is 0 Å². The summed E-state index contributed by atoms with van der Waals surface area (Å²) in [4.78, 5) is 24.7. The second-order valence-corrected chi connectivity index (χ2v) is 27.8. The zero-order valence-electron chi connectivity index (χ0n) is 60.9. The minimum Gasteiger partial charge on any atom is -0.462 e. The van der Waals surface area contributed by atoms with E-state index in [4.69, 9.17) is 9.47 Å². The molecule has 0 aliphatic rings. The van der Waals surface area contributed by atoms with Gasteiger partial charge in [0.25, 0.3) is 0 Å². The quantitative estimate of drug-likeness (QED) is 0.0373. The zero-order chi connectivity index (χ0) is 64.7. The first-order chi connectivity index (χ1) is 44.6. The third kappa shape index (κ3) is 78.0. The van der Waals surface area contributed by atoms with Gasteiger partial charge < -0.3 is 14.6 Å². The van der Waals surface area contributed by atoms with Crippen molar-refractivity contribution >= 4 is 11.9 Å². The van der Waals surface area contributed by atoms with Crippen LogP contribution in [0.15, 0.2) is 60.8 Å². The molecule has 1 unspecified atom stereocenters. The Morgan fingerprint density at radius 2 is 0.444 bits per heavy atom. The number of hydrogen-bond donors (Lipinski definition) is 1. The highest BCUT2D eigenvalue weighted by Gasteiger charge is 2.16. The van der Waals surface area contributed by atoms with Crippen molar-refractivity contribution in [2.45, 2.75) is 457 Å². The number of carbonyl (C=O) groups is 2. The lowest BCUT2D eigenvalue weighted by Crippen LogP contribution is -2.28. The van der Waals surface area contributed by atoms with Gasteiger partial charge in [0, 0.05) is 12.8 Å². The van der Waals surface area contributed by atoms with E-state index in [1.807, 2.05) is 0 Å². The van der Waals surface area contributed by atoms with Crippen LogP contribution in [-0.2, 0) is 19.1 Å². The van der Waals surface area contributed by atoms with E-state index in [1.165, 1.54) is 372 Å². The molecule has 0 saturated carbocycles. The summed E-state index contributed by atoms with van der Waals surface area (Å²) in [7, 11) is 0. The van der Waals surface area contributed by atoms with Crippen molar-refractivity contribution in [2.75, 3.05) is 13.2 Å². The second-order valence-electron chi connectivity index (χ2n) is 27.8. The SMILES string of the molecule is CCCCCCC/C=C\C/C=C\C/C=C\CCCCCCCCCCCCCCCCCCCCCCCCCCC(=O)OC(CO)COC(=O)CCCCCCCCCCCCCCCCCCCCCCCCCCC/C=C\C/C=C\CCCCCCC.